The van der Waals surface area contributed by atoms with E-state index in [9.17, 15) is 0 Å². The molecule has 2 radical (unpaired) electrons. The summed E-state index contributed by atoms with van der Waals surface area (Å²) in [6.45, 7) is 0. The summed E-state index contributed by atoms with van der Waals surface area (Å²) >= 11 is 0. The molecular weight excluding hydrogens is 362 g/mol. The summed E-state index contributed by atoms with van der Waals surface area (Å²) in [6, 6.07) is 0. The second-order valence-corrected chi connectivity index (χ2v) is 0. The molecule has 0 heterocycles. The average molecular weight is 362 g/mol. The van der Waals surface area contributed by atoms with Gasteiger partial charge in [-0.2, -0.15) is 0 Å². The van der Waals surface area contributed by atoms with Crippen molar-refractivity contribution < 1.29 is 70.7 Å². The molecule has 0 saturated heterocycles. The van der Waals surface area contributed by atoms with Crippen molar-refractivity contribution in [3.63, 3.8) is 0 Å². The predicted molar refractivity (Wildman–Crippen MR) is 0 cm³/mol. The molecule has 4 heteroatoms. The van der Waals surface area contributed by atoms with E-state index in [0.29, 0.717) is 0 Å². The Morgan fingerprint density at radius 1 is 1.00 bits per heavy atom. The summed E-state index contributed by atoms with van der Waals surface area (Å²) in [6.07, 6.45) is 0. The molecule has 0 aliphatic heterocycles. The van der Waals surface area contributed by atoms with Crippen molar-refractivity contribution >= 4 is 0 Å². The molecule has 0 spiro atoms. The Hall–Kier alpha value is 2.18. The van der Waals surface area contributed by atoms with Gasteiger partial charge in [0, 0.05) is 70.7 Å². The Bertz CT molecular complexity index is 8.00. The molecule has 0 aromatic carbocycles. The third-order valence-electron chi connectivity index (χ3n) is 0. The van der Waals surface area contributed by atoms with Crippen molar-refractivity contribution in [1.82, 2.24) is 0 Å². The first-order valence-electron chi connectivity index (χ1n) is 0. The van der Waals surface area contributed by atoms with Gasteiger partial charge in [-0.25, -0.2) is 0 Å². The molecule has 0 nitrogen and oxygen atoms in total. The van der Waals surface area contributed by atoms with Crippen molar-refractivity contribution in [1.29, 1.82) is 0 Å². The number of hydrogen-bond donors (Lipinski definition) is 0. The minimum atomic E-state index is 0. The molecule has 0 atom stereocenters. The van der Waals surface area contributed by atoms with Crippen LogP contribution < -0.4 is 0 Å². The first-order valence-corrected chi connectivity index (χ1v) is 0. The van der Waals surface area contributed by atoms with Gasteiger partial charge in [-0.3, -0.25) is 0 Å². The third-order valence-corrected chi connectivity index (χ3v) is 0. The second-order valence-electron chi connectivity index (χ2n) is 0. The minimum Gasteiger partial charge on any atom is 0 e. The summed E-state index contributed by atoms with van der Waals surface area (Å²) in [7, 11) is 0. The van der Waals surface area contributed by atoms with Gasteiger partial charge in [-0.15, -0.1) is 0 Å². The first-order chi connectivity index (χ1) is 0. The zero-order valence-electron chi connectivity index (χ0n) is 1.39. The monoisotopic (exact) mass is 362 g/mol. The van der Waals surface area contributed by atoms with E-state index in [1.165, 1.54) is 0 Å². The molecule has 0 unspecified atom stereocenters. The van der Waals surface area contributed by atoms with Gasteiger partial charge in [0.05, 0.1) is 0 Å². The van der Waals surface area contributed by atoms with Gasteiger partial charge in [0.2, 0.25) is 0 Å². The van der Waals surface area contributed by atoms with Crippen LogP contribution in [0.4, 0.5) is 0 Å². The molecule has 0 aliphatic rings. The van der Waals surface area contributed by atoms with Crippen molar-refractivity contribution in [3.8, 4) is 0 Å². The molecule has 0 rings (SSSR count). The first kappa shape index (κ1) is 34.9. The van der Waals surface area contributed by atoms with Gasteiger partial charge >= 0.3 is 0 Å². The molecule has 34 valence electrons. The molecule has 0 bridgehead atoms. The fourth-order valence-corrected chi connectivity index (χ4v) is 0. The normalized spacial score (nSPS) is 0. The van der Waals surface area contributed by atoms with Crippen LogP contribution in [-0.4, -0.2) is 0 Å². The van der Waals surface area contributed by atoms with Crippen LogP contribution in [0.2, 0.25) is 0 Å². The standard InChI is InChI=1S/Co.Cr.Ir.Ni. The fourth-order valence-electron chi connectivity index (χ4n) is 0. The SMILES string of the molecule is [Co].[Cr].[Ir].[Ni]. The topological polar surface area (TPSA) is 0 Å². The van der Waals surface area contributed by atoms with Crippen LogP contribution in [0.3, 0.4) is 0 Å². The van der Waals surface area contributed by atoms with E-state index in [1.54, 1.807) is 0 Å². The van der Waals surface area contributed by atoms with Crippen molar-refractivity contribution in [3.05, 3.63) is 0 Å². The van der Waals surface area contributed by atoms with E-state index in [1.807, 2.05) is 0 Å². The molecule has 0 amide bonds. The zero-order chi connectivity index (χ0) is 0. The quantitative estimate of drug-likeness (QED) is 0.532. The fraction of sp³-hybridized carbons (Fsp3) is 0. The molecular formula is CoCrIrNi. The molecule has 0 fully saturated rings. The summed E-state index contributed by atoms with van der Waals surface area (Å²) < 4.78 is 0. The van der Waals surface area contributed by atoms with Gasteiger partial charge < -0.3 is 0 Å². The second kappa shape index (κ2) is 19.0. The third kappa shape index (κ3) is 8.89. The number of hydrogen-bond acceptors (Lipinski definition) is 0. The van der Waals surface area contributed by atoms with Gasteiger partial charge in [-0.1, -0.05) is 0 Å². The molecule has 0 N–H and O–H groups in total. The maximum atomic E-state index is 0. The average Bonchev–Trinajstić information content (AvgIpc) is 0. The number of rotatable bonds is 0. The molecule has 0 saturated carbocycles. The van der Waals surface area contributed by atoms with Crippen molar-refractivity contribution in [2.45, 2.75) is 0 Å². The Balaban J connectivity index is 0. The Kier molecular flexibility index (Phi) is 166. The Morgan fingerprint density at radius 2 is 1.00 bits per heavy atom. The Labute approximate surface area is 70.1 Å². The minimum absolute atomic E-state index is 0. The van der Waals surface area contributed by atoms with Crippen LogP contribution in [0.5, 0.6) is 0 Å². The van der Waals surface area contributed by atoms with Crippen LogP contribution in [0.1, 0.15) is 0 Å². The molecule has 0 aromatic heterocycles. The summed E-state index contributed by atoms with van der Waals surface area (Å²) in [4.78, 5) is 0. The van der Waals surface area contributed by atoms with E-state index < -0.39 is 0 Å². The van der Waals surface area contributed by atoms with Crippen LogP contribution in [0, 0.1) is 0 Å². The largest absolute Gasteiger partial charge is 0 e. The smallest absolute Gasteiger partial charge is 0 e. The van der Waals surface area contributed by atoms with Gasteiger partial charge in [0.1, 0.15) is 0 Å². The predicted octanol–water partition coefficient (Wildman–Crippen LogP) is -0.0100. The van der Waals surface area contributed by atoms with Crippen LogP contribution in [-0.2, 0) is 70.7 Å². The maximum absolute atomic E-state index is 0. The van der Waals surface area contributed by atoms with Crippen molar-refractivity contribution in [2.24, 2.45) is 0 Å². The van der Waals surface area contributed by atoms with Crippen LogP contribution in [0.15, 0.2) is 0 Å². The molecule has 0 aromatic rings. The van der Waals surface area contributed by atoms with Crippen molar-refractivity contribution in [2.75, 3.05) is 0 Å². The van der Waals surface area contributed by atoms with Crippen LogP contribution >= 0.6 is 0 Å². The van der Waals surface area contributed by atoms with Gasteiger partial charge in [0.15, 0.2) is 0 Å². The summed E-state index contributed by atoms with van der Waals surface area (Å²) in [5, 5.41) is 0. The van der Waals surface area contributed by atoms with E-state index in [-0.39, 0.29) is 70.7 Å². The van der Waals surface area contributed by atoms with E-state index in [2.05, 4.69) is 0 Å². The Morgan fingerprint density at radius 3 is 1.00 bits per heavy atom. The maximum Gasteiger partial charge on any atom is 0 e. The molecule has 4 heavy (non-hydrogen) atoms. The van der Waals surface area contributed by atoms with E-state index >= 15 is 0 Å². The van der Waals surface area contributed by atoms with Gasteiger partial charge in [0.25, 0.3) is 0 Å². The summed E-state index contributed by atoms with van der Waals surface area (Å²) in [5.74, 6) is 0. The summed E-state index contributed by atoms with van der Waals surface area (Å²) in [5.41, 5.74) is 0. The zero-order valence-corrected chi connectivity index (χ0v) is 7.09. The van der Waals surface area contributed by atoms with Crippen LogP contribution in [0.25, 0.3) is 0 Å². The van der Waals surface area contributed by atoms with E-state index in [4.69, 9.17) is 0 Å². The van der Waals surface area contributed by atoms with Gasteiger partial charge in [-0.05, 0) is 0 Å². The van der Waals surface area contributed by atoms with E-state index in [0.717, 1.165) is 0 Å². The molecule has 0 aliphatic carbocycles.